The van der Waals surface area contributed by atoms with E-state index in [0.29, 0.717) is 6.61 Å². The van der Waals surface area contributed by atoms with E-state index in [2.05, 4.69) is 31.5 Å². The highest BCUT2D eigenvalue weighted by atomic mass is 28.4. The molecule has 0 radical (unpaired) electrons. The topological polar surface area (TPSA) is 38.3 Å². The van der Waals surface area contributed by atoms with Gasteiger partial charge in [-0.1, -0.05) is 13.5 Å². The highest BCUT2D eigenvalue weighted by molar-refractivity contribution is 6.69. The van der Waals surface area contributed by atoms with Crippen molar-refractivity contribution in [1.82, 2.24) is 5.32 Å². The molecule has 0 aromatic rings. The van der Waals surface area contributed by atoms with Crippen LogP contribution in [0.25, 0.3) is 0 Å². The molecule has 1 amide bonds. The van der Waals surface area contributed by atoms with Crippen molar-refractivity contribution < 1.29 is 9.22 Å². The third kappa shape index (κ3) is 6.86. The van der Waals surface area contributed by atoms with Crippen LogP contribution in [0.15, 0.2) is 12.7 Å². The molecule has 1 N–H and O–H groups in total. The summed E-state index contributed by atoms with van der Waals surface area (Å²) in [6.45, 7) is 12.4. The Bertz CT molecular complexity index is 199. The van der Waals surface area contributed by atoms with Crippen LogP contribution in [0, 0.1) is 0 Å². The number of hydrogen-bond donors (Lipinski definition) is 1. The zero-order valence-corrected chi connectivity index (χ0v) is 10.6. The second-order valence-electron chi connectivity index (χ2n) is 4.24. The van der Waals surface area contributed by atoms with Gasteiger partial charge in [0.15, 0.2) is 8.32 Å². The van der Waals surface area contributed by atoms with Gasteiger partial charge in [-0.05, 0) is 32.1 Å². The number of carbonyl (C=O) groups is 1. The summed E-state index contributed by atoms with van der Waals surface area (Å²) in [5.41, 5.74) is 0. The van der Waals surface area contributed by atoms with Gasteiger partial charge in [0.1, 0.15) is 0 Å². The van der Waals surface area contributed by atoms with E-state index in [1.807, 2.05) is 6.92 Å². The van der Waals surface area contributed by atoms with Crippen molar-refractivity contribution in [3.8, 4) is 0 Å². The van der Waals surface area contributed by atoms with Crippen LogP contribution in [-0.2, 0) is 9.22 Å². The number of hydrogen-bond acceptors (Lipinski definition) is 2. The summed E-state index contributed by atoms with van der Waals surface area (Å²) in [7, 11) is -1.47. The Morgan fingerprint density at radius 1 is 1.57 bits per heavy atom. The van der Waals surface area contributed by atoms with Gasteiger partial charge in [-0.15, -0.1) is 0 Å². The van der Waals surface area contributed by atoms with Crippen LogP contribution in [0.2, 0.25) is 19.6 Å². The predicted molar refractivity (Wildman–Crippen MR) is 61.7 cm³/mol. The molecule has 0 aromatic carbocycles. The molecule has 0 rings (SSSR count). The maximum Gasteiger partial charge on any atom is 0.243 e. The Balaban J connectivity index is 3.91. The molecule has 0 aromatic heterocycles. The van der Waals surface area contributed by atoms with Gasteiger partial charge in [-0.3, -0.25) is 4.79 Å². The smallest absolute Gasteiger partial charge is 0.243 e. The van der Waals surface area contributed by atoms with Crippen LogP contribution >= 0.6 is 0 Å². The van der Waals surface area contributed by atoms with E-state index in [-0.39, 0.29) is 11.9 Å². The van der Waals surface area contributed by atoms with Crippen LogP contribution in [0.1, 0.15) is 13.3 Å². The Labute approximate surface area is 87.7 Å². The molecule has 0 spiro atoms. The van der Waals surface area contributed by atoms with Gasteiger partial charge in [-0.25, -0.2) is 0 Å². The largest absolute Gasteiger partial charge is 0.416 e. The van der Waals surface area contributed by atoms with Crippen LogP contribution in [-0.4, -0.2) is 26.9 Å². The molecule has 0 fully saturated rings. The summed E-state index contributed by atoms with van der Waals surface area (Å²) in [5, 5.41) is 2.83. The summed E-state index contributed by atoms with van der Waals surface area (Å²) >= 11 is 0. The first-order valence-corrected chi connectivity index (χ1v) is 8.36. The van der Waals surface area contributed by atoms with E-state index in [0.717, 1.165) is 6.42 Å². The highest BCUT2D eigenvalue weighted by Gasteiger charge is 2.17. The number of carbonyl (C=O) groups excluding carboxylic acids is 1. The first kappa shape index (κ1) is 13.4. The van der Waals surface area contributed by atoms with Gasteiger partial charge in [0.2, 0.25) is 5.91 Å². The maximum atomic E-state index is 11.0. The summed E-state index contributed by atoms with van der Waals surface area (Å²) in [5.74, 6) is -0.129. The normalized spacial score (nSPS) is 13.4. The van der Waals surface area contributed by atoms with E-state index in [1.54, 1.807) is 0 Å². The van der Waals surface area contributed by atoms with Crippen molar-refractivity contribution in [1.29, 1.82) is 0 Å². The standard InChI is InChI=1S/C10H21NO2Si/c1-6-9(11-10(12)7-2)8-13-14(3,4)5/h7,9H,2,6,8H2,1,3-5H3,(H,11,12)/t9-/m1/s1. The molecule has 0 unspecified atom stereocenters. The lowest BCUT2D eigenvalue weighted by Crippen LogP contribution is -2.40. The summed E-state index contributed by atoms with van der Waals surface area (Å²) < 4.78 is 5.72. The molecular weight excluding hydrogens is 194 g/mol. The van der Waals surface area contributed by atoms with E-state index < -0.39 is 8.32 Å². The minimum Gasteiger partial charge on any atom is -0.416 e. The molecule has 1 atom stereocenters. The lowest BCUT2D eigenvalue weighted by Gasteiger charge is -2.22. The van der Waals surface area contributed by atoms with E-state index in [9.17, 15) is 4.79 Å². The second-order valence-corrected chi connectivity index (χ2v) is 8.75. The zero-order chi connectivity index (χ0) is 11.2. The van der Waals surface area contributed by atoms with Gasteiger partial charge >= 0.3 is 0 Å². The average molecular weight is 215 g/mol. The predicted octanol–water partition coefficient (Wildman–Crippen LogP) is 1.92. The first-order valence-electron chi connectivity index (χ1n) is 4.96. The van der Waals surface area contributed by atoms with Crippen molar-refractivity contribution >= 4 is 14.2 Å². The monoisotopic (exact) mass is 215 g/mol. The molecule has 0 saturated heterocycles. The Hall–Kier alpha value is -0.613. The third-order valence-electron chi connectivity index (χ3n) is 1.74. The maximum absolute atomic E-state index is 11.0. The Morgan fingerprint density at radius 2 is 2.14 bits per heavy atom. The minimum absolute atomic E-state index is 0.104. The Morgan fingerprint density at radius 3 is 2.50 bits per heavy atom. The van der Waals surface area contributed by atoms with Gasteiger partial charge in [-0.2, -0.15) is 0 Å². The van der Waals surface area contributed by atoms with Crippen LogP contribution in [0.4, 0.5) is 0 Å². The third-order valence-corrected chi connectivity index (χ3v) is 2.77. The fourth-order valence-electron chi connectivity index (χ4n) is 0.872. The molecule has 3 nitrogen and oxygen atoms in total. The van der Waals surface area contributed by atoms with Crippen LogP contribution in [0.3, 0.4) is 0 Å². The summed E-state index contributed by atoms with van der Waals surface area (Å²) in [6, 6.07) is 0.104. The van der Waals surface area contributed by atoms with Crippen molar-refractivity contribution in [2.24, 2.45) is 0 Å². The van der Waals surface area contributed by atoms with Crippen LogP contribution in [0.5, 0.6) is 0 Å². The molecule has 0 heterocycles. The fourth-order valence-corrected chi connectivity index (χ4v) is 1.57. The quantitative estimate of drug-likeness (QED) is 0.543. The van der Waals surface area contributed by atoms with Crippen molar-refractivity contribution in [2.75, 3.05) is 6.61 Å². The van der Waals surface area contributed by atoms with Gasteiger partial charge in [0.05, 0.1) is 12.6 Å². The highest BCUT2D eigenvalue weighted by Crippen LogP contribution is 2.04. The molecular formula is C10H21NO2Si. The SMILES string of the molecule is C=CC(=O)N[C@H](CC)CO[Si](C)(C)C. The first-order chi connectivity index (χ1) is 6.39. The molecule has 14 heavy (non-hydrogen) atoms. The number of nitrogens with one attached hydrogen (secondary N) is 1. The second kappa shape index (κ2) is 5.98. The zero-order valence-electron chi connectivity index (χ0n) is 9.59. The number of rotatable bonds is 6. The molecule has 82 valence electrons. The number of amides is 1. The molecule has 0 bridgehead atoms. The minimum atomic E-state index is -1.47. The van der Waals surface area contributed by atoms with Gasteiger partial charge < -0.3 is 9.74 Å². The van der Waals surface area contributed by atoms with Crippen molar-refractivity contribution in [2.45, 2.75) is 39.0 Å². The van der Waals surface area contributed by atoms with Gasteiger partial charge in [0.25, 0.3) is 0 Å². The molecule has 0 aliphatic carbocycles. The average Bonchev–Trinajstić information content (AvgIpc) is 2.10. The van der Waals surface area contributed by atoms with Crippen LogP contribution < -0.4 is 5.32 Å². The lowest BCUT2D eigenvalue weighted by molar-refractivity contribution is -0.117. The van der Waals surface area contributed by atoms with E-state index >= 15 is 0 Å². The van der Waals surface area contributed by atoms with E-state index in [1.165, 1.54) is 6.08 Å². The Kier molecular flexibility index (Phi) is 5.72. The molecule has 0 saturated carbocycles. The summed E-state index contributed by atoms with van der Waals surface area (Å²) in [4.78, 5) is 11.0. The van der Waals surface area contributed by atoms with E-state index in [4.69, 9.17) is 4.43 Å². The molecule has 0 aliphatic rings. The summed E-state index contributed by atoms with van der Waals surface area (Å²) in [6.07, 6.45) is 2.17. The fraction of sp³-hybridized carbons (Fsp3) is 0.700. The van der Waals surface area contributed by atoms with Crippen molar-refractivity contribution in [3.05, 3.63) is 12.7 Å². The molecule has 4 heteroatoms. The van der Waals surface area contributed by atoms with Crippen molar-refractivity contribution in [3.63, 3.8) is 0 Å². The molecule has 0 aliphatic heterocycles. The lowest BCUT2D eigenvalue weighted by atomic mass is 10.2. The van der Waals surface area contributed by atoms with Gasteiger partial charge in [0, 0.05) is 0 Å².